The lowest BCUT2D eigenvalue weighted by Gasteiger charge is -2.23. The minimum absolute atomic E-state index is 0.0401. The van der Waals surface area contributed by atoms with E-state index < -0.39 is 28.6 Å². The van der Waals surface area contributed by atoms with Crippen molar-refractivity contribution in [2.24, 2.45) is 0 Å². The van der Waals surface area contributed by atoms with Crippen molar-refractivity contribution in [2.75, 3.05) is 16.9 Å². The number of carbonyl (C=O) groups is 2. The van der Waals surface area contributed by atoms with E-state index in [9.17, 15) is 24.1 Å². The molecule has 3 rings (SSSR count). The van der Waals surface area contributed by atoms with E-state index in [1.54, 1.807) is 6.07 Å². The number of rotatable bonds is 4. The first kappa shape index (κ1) is 18.8. The number of nitro groups is 1. The summed E-state index contributed by atoms with van der Waals surface area (Å²) in [5.41, 5.74) is 0.312. The van der Waals surface area contributed by atoms with E-state index in [0.717, 1.165) is 0 Å². The van der Waals surface area contributed by atoms with E-state index in [1.165, 1.54) is 60.0 Å². The zero-order valence-corrected chi connectivity index (χ0v) is 15.2. The molecule has 0 radical (unpaired) electrons. The second kappa shape index (κ2) is 7.75. The molecule has 1 atom stereocenters. The highest BCUT2D eigenvalue weighted by atomic mass is 32.2. The SMILES string of the molecule is Cc1c(C(=O)N2CSCC2C(=O)Nc2ccccc2F)cccc1[N+](=O)[O-]. The number of halogens is 1. The van der Waals surface area contributed by atoms with Crippen molar-refractivity contribution < 1.29 is 18.9 Å². The molecule has 2 aromatic rings. The Labute approximate surface area is 158 Å². The zero-order chi connectivity index (χ0) is 19.6. The molecule has 1 aliphatic rings. The summed E-state index contributed by atoms with van der Waals surface area (Å²) >= 11 is 1.39. The van der Waals surface area contributed by atoms with Gasteiger partial charge < -0.3 is 10.2 Å². The number of anilines is 1. The van der Waals surface area contributed by atoms with Gasteiger partial charge in [-0.15, -0.1) is 11.8 Å². The van der Waals surface area contributed by atoms with Gasteiger partial charge in [0, 0.05) is 22.9 Å². The minimum Gasteiger partial charge on any atom is -0.322 e. The number of nitrogens with zero attached hydrogens (tertiary/aromatic N) is 2. The molecule has 0 aliphatic carbocycles. The van der Waals surface area contributed by atoms with Crippen molar-refractivity contribution in [1.29, 1.82) is 0 Å². The summed E-state index contributed by atoms with van der Waals surface area (Å²) in [6, 6.07) is 9.25. The molecular formula is C18H16FN3O4S. The maximum Gasteiger partial charge on any atom is 0.273 e. The van der Waals surface area contributed by atoms with Crippen LogP contribution in [-0.4, -0.2) is 39.3 Å². The maximum absolute atomic E-state index is 13.8. The Morgan fingerprint density at radius 1 is 1.26 bits per heavy atom. The van der Waals surface area contributed by atoms with Crippen molar-refractivity contribution in [3.05, 3.63) is 69.5 Å². The van der Waals surface area contributed by atoms with Gasteiger partial charge in [0.15, 0.2) is 0 Å². The summed E-state index contributed by atoms with van der Waals surface area (Å²) in [7, 11) is 0. The van der Waals surface area contributed by atoms with E-state index >= 15 is 0 Å². The van der Waals surface area contributed by atoms with Crippen LogP contribution in [0.4, 0.5) is 15.8 Å². The summed E-state index contributed by atoms with van der Waals surface area (Å²) in [5, 5.41) is 13.6. The topological polar surface area (TPSA) is 92.6 Å². The van der Waals surface area contributed by atoms with Crippen molar-refractivity contribution >= 4 is 35.0 Å². The molecule has 0 saturated carbocycles. The molecule has 1 heterocycles. The van der Waals surface area contributed by atoms with Crippen molar-refractivity contribution in [3.63, 3.8) is 0 Å². The second-order valence-corrected chi connectivity index (χ2v) is 6.97. The van der Waals surface area contributed by atoms with Crippen LogP contribution < -0.4 is 5.32 Å². The lowest BCUT2D eigenvalue weighted by molar-refractivity contribution is -0.385. The normalized spacial score (nSPS) is 16.2. The Kier molecular flexibility index (Phi) is 5.41. The smallest absolute Gasteiger partial charge is 0.273 e. The van der Waals surface area contributed by atoms with Crippen LogP contribution in [0.25, 0.3) is 0 Å². The molecule has 0 bridgehead atoms. The number of amides is 2. The molecule has 0 spiro atoms. The number of para-hydroxylation sites is 1. The Balaban J connectivity index is 1.83. The predicted molar refractivity (Wildman–Crippen MR) is 100 cm³/mol. The van der Waals surface area contributed by atoms with Gasteiger partial charge in [-0.25, -0.2) is 4.39 Å². The fourth-order valence-corrected chi connectivity index (χ4v) is 4.00. The number of hydrogen-bond donors (Lipinski definition) is 1. The van der Waals surface area contributed by atoms with Crippen LogP contribution in [0.15, 0.2) is 42.5 Å². The molecule has 1 N–H and O–H groups in total. The van der Waals surface area contributed by atoms with Crippen LogP contribution in [0.3, 0.4) is 0 Å². The highest BCUT2D eigenvalue weighted by molar-refractivity contribution is 7.99. The first-order valence-corrected chi connectivity index (χ1v) is 9.23. The highest BCUT2D eigenvalue weighted by Gasteiger charge is 2.36. The molecule has 0 aromatic heterocycles. The highest BCUT2D eigenvalue weighted by Crippen LogP contribution is 2.28. The molecule has 1 fully saturated rings. The first-order chi connectivity index (χ1) is 12.9. The molecule has 7 nitrogen and oxygen atoms in total. The van der Waals surface area contributed by atoms with E-state index in [2.05, 4.69) is 5.32 Å². The van der Waals surface area contributed by atoms with Crippen molar-refractivity contribution in [2.45, 2.75) is 13.0 Å². The van der Waals surface area contributed by atoms with Crippen LogP contribution in [0.2, 0.25) is 0 Å². The third-order valence-electron chi connectivity index (χ3n) is 4.31. The molecule has 1 saturated heterocycles. The van der Waals surface area contributed by atoms with Gasteiger partial charge in [0.25, 0.3) is 11.6 Å². The molecule has 140 valence electrons. The third-order valence-corrected chi connectivity index (χ3v) is 5.32. The number of nitro benzene ring substituents is 1. The largest absolute Gasteiger partial charge is 0.322 e. The minimum atomic E-state index is -0.791. The van der Waals surface area contributed by atoms with Crippen LogP contribution in [0.5, 0.6) is 0 Å². The average molecular weight is 389 g/mol. The molecule has 1 aliphatic heterocycles. The molecule has 9 heteroatoms. The van der Waals surface area contributed by atoms with Gasteiger partial charge in [0.05, 0.1) is 16.5 Å². The number of benzene rings is 2. The number of carbonyl (C=O) groups excluding carboxylic acids is 2. The van der Waals surface area contributed by atoms with E-state index in [1.807, 2.05) is 0 Å². The maximum atomic E-state index is 13.8. The Morgan fingerprint density at radius 3 is 2.70 bits per heavy atom. The van der Waals surface area contributed by atoms with Crippen LogP contribution >= 0.6 is 11.8 Å². The monoisotopic (exact) mass is 389 g/mol. The molecule has 1 unspecified atom stereocenters. The van der Waals surface area contributed by atoms with E-state index in [-0.39, 0.29) is 28.4 Å². The van der Waals surface area contributed by atoms with Gasteiger partial charge >= 0.3 is 0 Å². The van der Waals surface area contributed by atoms with Gasteiger partial charge in [-0.2, -0.15) is 0 Å². The number of nitrogens with one attached hydrogen (secondary N) is 1. The first-order valence-electron chi connectivity index (χ1n) is 8.08. The summed E-state index contributed by atoms with van der Waals surface area (Å²) < 4.78 is 13.8. The fraction of sp³-hybridized carbons (Fsp3) is 0.222. The Hall–Kier alpha value is -2.94. The lowest BCUT2D eigenvalue weighted by Crippen LogP contribution is -2.44. The van der Waals surface area contributed by atoms with Gasteiger partial charge in [-0.1, -0.05) is 18.2 Å². The predicted octanol–water partition coefficient (Wildman–Crippen LogP) is 3.20. The Bertz CT molecular complexity index is 921. The van der Waals surface area contributed by atoms with Crippen LogP contribution in [0, 0.1) is 22.9 Å². The number of hydrogen-bond acceptors (Lipinski definition) is 5. The molecule has 27 heavy (non-hydrogen) atoms. The average Bonchev–Trinajstić information content (AvgIpc) is 3.13. The van der Waals surface area contributed by atoms with Crippen molar-refractivity contribution in [3.8, 4) is 0 Å². The van der Waals surface area contributed by atoms with Crippen LogP contribution in [-0.2, 0) is 4.79 Å². The van der Waals surface area contributed by atoms with Gasteiger partial charge in [-0.3, -0.25) is 19.7 Å². The molecular weight excluding hydrogens is 373 g/mol. The number of thioether (sulfide) groups is 1. The van der Waals surface area contributed by atoms with Gasteiger partial charge in [0.1, 0.15) is 11.9 Å². The second-order valence-electron chi connectivity index (χ2n) is 5.97. The molecule has 2 aromatic carbocycles. The van der Waals surface area contributed by atoms with Crippen molar-refractivity contribution in [1.82, 2.24) is 4.90 Å². The van der Waals surface area contributed by atoms with Gasteiger partial charge in [0.2, 0.25) is 5.91 Å². The van der Waals surface area contributed by atoms with Gasteiger partial charge in [-0.05, 0) is 25.1 Å². The third kappa shape index (κ3) is 3.77. The molecule has 2 amide bonds. The standard InChI is InChI=1S/C18H16FN3O4S/c1-11-12(5-4-8-15(11)22(25)26)18(24)21-10-27-9-16(21)17(23)20-14-7-3-2-6-13(14)19/h2-8,16H,9-10H2,1H3,(H,20,23). The fourth-order valence-electron chi connectivity index (χ4n) is 2.85. The summed E-state index contributed by atoms with van der Waals surface area (Å²) in [5.74, 6) is -0.892. The quantitative estimate of drug-likeness (QED) is 0.640. The van der Waals surface area contributed by atoms with E-state index in [0.29, 0.717) is 5.75 Å². The summed E-state index contributed by atoms with van der Waals surface area (Å²) in [4.78, 5) is 37.4. The lowest BCUT2D eigenvalue weighted by atomic mass is 10.0. The van der Waals surface area contributed by atoms with Crippen LogP contribution in [0.1, 0.15) is 15.9 Å². The van der Waals surface area contributed by atoms with E-state index in [4.69, 9.17) is 0 Å². The summed E-state index contributed by atoms with van der Waals surface area (Å²) in [6.07, 6.45) is 0. The zero-order valence-electron chi connectivity index (χ0n) is 14.3. The summed E-state index contributed by atoms with van der Waals surface area (Å²) in [6.45, 7) is 1.50. The Morgan fingerprint density at radius 2 is 2.00 bits per heavy atom.